The second-order valence-corrected chi connectivity index (χ2v) is 15.4. The maximum atomic E-state index is 15.3. The van der Waals surface area contributed by atoms with Gasteiger partial charge in [0, 0.05) is 32.1 Å². The van der Waals surface area contributed by atoms with E-state index >= 15 is 4.79 Å². The van der Waals surface area contributed by atoms with Crippen molar-refractivity contribution in [1.29, 1.82) is 0 Å². The minimum atomic E-state index is -1.28. The molecule has 1 aliphatic heterocycles. The smallest absolute Gasteiger partial charge is 0.246 e. The highest BCUT2D eigenvalue weighted by molar-refractivity contribution is 6.00. The second kappa shape index (κ2) is 19.3. The van der Waals surface area contributed by atoms with E-state index in [1.807, 2.05) is 76.2 Å². The van der Waals surface area contributed by atoms with Gasteiger partial charge in [-0.2, -0.15) is 0 Å². The van der Waals surface area contributed by atoms with Crippen molar-refractivity contribution in [3.63, 3.8) is 0 Å². The first-order valence-electron chi connectivity index (χ1n) is 19.3. The highest BCUT2D eigenvalue weighted by Crippen LogP contribution is 2.30. The van der Waals surface area contributed by atoms with E-state index in [-0.39, 0.29) is 30.1 Å². The lowest BCUT2D eigenvalue weighted by Gasteiger charge is -2.38. The zero-order chi connectivity index (χ0) is 37.9. The molecule has 1 fully saturated rings. The number of morpholine rings is 1. The second-order valence-electron chi connectivity index (χ2n) is 15.4. The van der Waals surface area contributed by atoms with Gasteiger partial charge in [-0.1, -0.05) is 113 Å². The summed E-state index contributed by atoms with van der Waals surface area (Å²) in [6.07, 6.45) is -0.0711. The monoisotopic (exact) mass is 722 g/mol. The van der Waals surface area contributed by atoms with E-state index in [4.69, 9.17) is 10.5 Å². The van der Waals surface area contributed by atoms with Crippen LogP contribution in [0.25, 0.3) is 21.5 Å². The molecule has 5 rings (SSSR count). The number of aliphatic hydroxyl groups excluding tert-OH is 1. The molecule has 0 radical (unpaired) electrons. The zero-order valence-electron chi connectivity index (χ0n) is 31.9. The SMILES string of the molecule is CC(C)C[C@H](N)C(=O)N(C(=O)C(Cc1cccc2ccccc12)Cc1cccc2ccccc12)[C@@H](CC(C)C)[C@@H](O)CC(=O)NCCN1CCOCC1. The normalized spacial score (nSPS) is 15.6. The first kappa shape index (κ1) is 40.0. The lowest BCUT2D eigenvalue weighted by molar-refractivity contribution is -0.156. The van der Waals surface area contributed by atoms with Gasteiger partial charge in [0.05, 0.1) is 37.8 Å². The van der Waals surface area contributed by atoms with Crippen molar-refractivity contribution in [2.75, 3.05) is 39.4 Å². The molecule has 53 heavy (non-hydrogen) atoms. The van der Waals surface area contributed by atoms with Crippen molar-refractivity contribution in [2.24, 2.45) is 23.5 Å². The molecule has 0 aromatic heterocycles. The van der Waals surface area contributed by atoms with Crippen LogP contribution in [0.3, 0.4) is 0 Å². The molecule has 1 aliphatic rings. The van der Waals surface area contributed by atoms with Crippen molar-refractivity contribution in [3.8, 4) is 0 Å². The molecule has 1 saturated heterocycles. The van der Waals surface area contributed by atoms with Crippen LogP contribution in [-0.4, -0.2) is 90.2 Å². The Morgan fingerprint density at radius 3 is 1.85 bits per heavy atom. The number of amides is 3. The minimum absolute atomic E-state index is 0.0121. The van der Waals surface area contributed by atoms with Crippen LogP contribution < -0.4 is 11.1 Å². The molecule has 0 bridgehead atoms. The summed E-state index contributed by atoms with van der Waals surface area (Å²) in [5.74, 6) is -1.76. The third kappa shape index (κ3) is 10.9. The van der Waals surface area contributed by atoms with Gasteiger partial charge in [-0.25, -0.2) is 0 Å². The number of benzene rings is 4. The molecule has 9 nitrogen and oxygen atoms in total. The number of aliphatic hydroxyl groups is 1. The van der Waals surface area contributed by atoms with Crippen molar-refractivity contribution in [3.05, 3.63) is 96.1 Å². The van der Waals surface area contributed by atoms with Gasteiger partial charge in [-0.15, -0.1) is 0 Å². The molecule has 3 amide bonds. The third-order valence-electron chi connectivity index (χ3n) is 10.3. The number of ether oxygens (including phenoxy) is 1. The van der Waals surface area contributed by atoms with Gasteiger partial charge in [0.15, 0.2) is 0 Å². The zero-order valence-corrected chi connectivity index (χ0v) is 31.9. The van der Waals surface area contributed by atoms with E-state index in [0.717, 1.165) is 45.8 Å². The Kier molecular flexibility index (Phi) is 14.5. The van der Waals surface area contributed by atoms with Crippen molar-refractivity contribution >= 4 is 39.3 Å². The summed E-state index contributed by atoms with van der Waals surface area (Å²) in [4.78, 5) is 46.7. The van der Waals surface area contributed by atoms with E-state index in [1.54, 1.807) is 0 Å². The lowest BCUT2D eigenvalue weighted by Crippen LogP contribution is -2.58. The van der Waals surface area contributed by atoms with Crippen LogP contribution in [0.4, 0.5) is 0 Å². The average molecular weight is 723 g/mol. The molecule has 0 saturated carbocycles. The molecule has 284 valence electrons. The van der Waals surface area contributed by atoms with Crippen molar-refractivity contribution in [1.82, 2.24) is 15.1 Å². The number of carbonyl (C=O) groups is 3. The lowest BCUT2D eigenvalue weighted by atomic mass is 9.86. The molecule has 9 heteroatoms. The highest BCUT2D eigenvalue weighted by atomic mass is 16.5. The Bertz CT molecular complexity index is 1730. The van der Waals surface area contributed by atoms with Crippen LogP contribution in [0.5, 0.6) is 0 Å². The van der Waals surface area contributed by atoms with E-state index < -0.39 is 30.0 Å². The van der Waals surface area contributed by atoms with Crippen LogP contribution in [0, 0.1) is 17.8 Å². The van der Waals surface area contributed by atoms with Crippen molar-refractivity contribution in [2.45, 2.75) is 78.0 Å². The summed E-state index contributed by atoms with van der Waals surface area (Å²) in [6.45, 7) is 12.0. The van der Waals surface area contributed by atoms with Gasteiger partial charge >= 0.3 is 0 Å². The first-order valence-corrected chi connectivity index (χ1v) is 19.3. The standard InChI is InChI=1S/C44H58N4O5/c1-30(2)25-39(45)44(52)48(40(26-31(3)4)41(49)29-42(50)46-19-20-47-21-23-53-24-22-47)43(51)36(27-34-15-9-13-32-11-5-7-17-37(32)34)28-35-16-10-14-33-12-6-8-18-38(33)35/h5-18,30-31,36,39-41,49H,19-29,45H2,1-4H3,(H,46,50)/t39-,40-,41-/m0/s1. The van der Waals surface area contributed by atoms with Crippen LogP contribution in [0.1, 0.15) is 58.1 Å². The molecule has 0 spiro atoms. The molecule has 0 unspecified atom stereocenters. The summed E-state index contributed by atoms with van der Waals surface area (Å²) in [5, 5.41) is 19.1. The maximum Gasteiger partial charge on any atom is 0.246 e. The van der Waals surface area contributed by atoms with Crippen LogP contribution in [0.2, 0.25) is 0 Å². The summed E-state index contributed by atoms with van der Waals surface area (Å²) >= 11 is 0. The predicted octanol–water partition coefficient (Wildman–Crippen LogP) is 5.74. The number of fused-ring (bicyclic) bond motifs is 2. The Morgan fingerprint density at radius 2 is 1.30 bits per heavy atom. The highest BCUT2D eigenvalue weighted by Gasteiger charge is 2.41. The molecule has 3 atom stereocenters. The summed E-state index contributed by atoms with van der Waals surface area (Å²) < 4.78 is 5.43. The fourth-order valence-corrected chi connectivity index (χ4v) is 7.63. The number of hydrogen-bond acceptors (Lipinski definition) is 7. The number of imide groups is 1. The van der Waals surface area contributed by atoms with E-state index in [2.05, 4.69) is 46.6 Å². The summed E-state index contributed by atoms with van der Waals surface area (Å²) in [7, 11) is 0. The van der Waals surface area contributed by atoms with Crippen LogP contribution >= 0.6 is 0 Å². The van der Waals surface area contributed by atoms with Gasteiger partial charge in [0.1, 0.15) is 0 Å². The summed E-state index contributed by atoms with van der Waals surface area (Å²) in [5.41, 5.74) is 8.60. The van der Waals surface area contributed by atoms with Gasteiger partial charge in [0.2, 0.25) is 17.7 Å². The Morgan fingerprint density at radius 1 is 0.774 bits per heavy atom. The number of nitrogens with one attached hydrogen (secondary N) is 1. The number of nitrogens with zero attached hydrogens (tertiary/aromatic N) is 2. The van der Waals surface area contributed by atoms with E-state index in [9.17, 15) is 14.7 Å². The van der Waals surface area contributed by atoms with Crippen LogP contribution in [-0.2, 0) is 32.0 Å². The molecule has 4 aromatic rings. The molecule has 0 aliphatic carbocycles. The van der Waals surface area contributed by atoms with Crippen molar-refractivity contribution < 1.29 is 24.2 Å². The number of rotatable bonds is 17. The predicted molar refractivity (Wildman–Crippen MR) is 212 cm³/mol. The van der Waals surface area contributed by atoms with Gasteiger partial charge in [-0.05, 0) is 70.2 Å². The third-order valence-corrected chi connectivity index (χ3v) is 10.3. The first-order chi connectivity index (χ1) is 25.5. The molecule has 4 aromatic carbocycles. The summed E-state index contributed by atoms with van der Waals surface area (Å²) in [6, 6.07) is 26.6. The van der Waals surface area contributed by atoms with Gasteiger partial charge in [0.25, 0.3) is 0 Å². The number of carbonyl (C=O) groups excluding carboxylic acids is 3. The average Bonchev–Trinajstić information content (AvgIpc) is 3.14. The van der Waals surface area contributed by atoms with Crippen LogP contribution in [0.15, 0.2) is 84.9 Å². The fourth-order valence-electron chi connectivity index (χ4n) is 7.63. The Balaban J connectivity index is 1.51. The van der Waals surface area contributed by atoms with Gasteiger partial charge < -0.3 is 20.9 Å². The number of hydrogen-bond donors (Lipinski definition) is 3. The minimum Gasteiger partial charge on any atom is -0.390 e. The van der Waals surface area contributed by atoms with Gasteiger partial charge in [-0.3, -0.25) is 24.2 Å². The Labute approximate surface area is 314 Å². The molecule has 4 N–H and O–H groups in total. The quantitative estimate of drug-likeness (QED) is 0.127. The Hall–Kier alpha value is -4.15. The topological polar surface area (TPSA) is 125 Å². The van der Waals surface area contributed by atoms with E-state index in [0.29, 0.717) is 52.0 Å². The number of nitrogens with two attached hydrogens (primary N) is 1. The molecular weight excluding hydrogens is 665 g/mol. The molecular formula is C44H58N4O5. The van der Waals surface area contributed by atoms with E-state index in [1.165, 1.54) is 4.90 Å². The largest absolute Gasteiger partial charge is 0.390 e. The molecule has 1 heterocycles. The maximum absolute atomic E-state index is 15.3. The fraction of sp³-hybridized carbons (Fsp3) is 0.477.